The minimum Gasteiger partial charge on any atom is -0.397 e. The third kappa shape index (κ3) is 1.04. The van der Waals surface area contributed by atoms with E-state index in [1.165, 1.54) is 0 Å². The second-order valence-electron chi connectivity index (χ2n) is 2.60. The number of nitrogens with two attached hydrogens (primary N) is 2. The molecule has 0 amide bonds. The summed E-state index contributed by atoms with van der Waals surface area (Å²) in [7, 11) is 0. The molecule has 2 rings (SSSR count). The van der Waals surface area contributed by atoms with Gasteiger partial charge in [-0.15, -0.1) is 24.0 Å². The number of hydrogen-bond donors (Lipinski definition) is 3. The highest BCUT2D eigenvalue weighted by molar-refractivity contribution is 7.80. The lowest BCUT2D eigenvalue weighted by atomic mass is 10.2. The van der Waals surface area contributed by atoms with Crippen molar-refractivity contribution in [1.82, 2.24) is 0 Å². The van der Waals surface area contributed by atoms with Gasteiger partial charge in [0.25, 0.3) is 0 Å². The van der Waals surface area contributed by atoms with Gasteiger partial charge < -0.3 is 11.5 Å². The molecule has 12 heavy (non-hydrogen) atoms. The summed E-state index contributed by atoms with van der Waals surface area (Å²) >= 11 is 5.92. The van der Waals surface area contributed by atoms with E-state index in [0.717, 1.165) is 15.0 Å². The molecule has 1 aromatic heterocycles. The average molecular weight is 196 g/mol. The molecule has 0 fully saturated rings. The Bertz CT molecular complexity index is 434. The quantitative estimate of drug-likeness (QED) is 0.447. The maximum Gasteiger partial charge on any atom is 0.0562 e. The summed E-state index contributed by atoms with van der Waals surface area (Å²) in [6.07, 6.45) is 0. The van der Waals surface area contributed by atoms with Crippen molar-refractivity contribution < 1.29 is 0 Å². The minimum absolute atomic E-state index is 0.621. The van der Waals surface area contributed by atoms with Gasteiger partial charge in [0.05, 0.1) is 11.4 Å². The first-order chi connectivity index (χ1) is 5.68. The molecule has 0 aliphatic heterocycles. The standard InChI is InChI=1S/C8H8N2S2/c9-5-1-4-7(11)3-12-8(4)2-6(5)10/h1-3,11H,9-10H2. The fraction of sp³-hybridized carbons (Fsp3) is 0. The fourth-order valence-electron chi connectivity index (χ4n) is 1.09. The van der Waals surface area contributed by atoms with E-state index in [1.807, 2.05) is 17.5 Å². The maximum atomic E-state index is 5.66. The zero-order valence-electron chi connectivity index (χ0n) is 6.24. The van der Waals surface area contributed by atoms with Crippen molar-refractivity contribution in [2.24, 2.45) is 0 Å². The predicted octanol–water partition coefficient (Wildman–Crippen LogP) is 2.35. The molecular formula is C8H8N2S2. The molecule has 2 nitrogen and oxygen atoms in total. The Labute approximate surface area is 79.6 Å². The zero-order valence-corrected chi connectivity index (χ0v) is 7.95. The molecule has 0 atom stereocenters. The Morgan fingerprint density at radius 1 is 1.17 bits per heavy atom. The molecule has 4 heteroatoms. The summed E-state index contributed by atoms with van der Waals surface area (Å²) in [4.78, 5) is 0.960. The molecule has 1 heterocycles. The average Bonchev–Trinajstić information content (AvgIpc) is 2.35. The van der Waals surface area contributed by atoms with E-state index in [9.17, 15) is 0 Å². The zero-order chi connectivity index (χ0) is 8.72. The lowest BCUT2D eigenvalue weighted by Crippen LogP contribution is -1.92. The van der Waals surface area contributed by atoms with E-state index in [-0.39, 0.29) is 0 Å². The van der Waals surface area contributed by atoms with Gasteiger partial charge in [0.2, 0.25) is 0 Å². The molecule has 1 aromatic carbocycles. The number of thiol groups is 1. The van der Waals surface area contributed by atoms with Crippen molar-refractivity contribution in [3.8, 4) is 0 Å². The van der Waals surface area contributed by atoms with Gasteiger partial charge in [-0.1, -0.05) is 0 Å². The molecule has 0 saturated heterocycles. The molecular weight excluding hydrogens is 188 g/mol. The van der Waals surface area contributed by atoms with Gasteiger partial charge >= 0.3 is 0 Å². The summed E-state index contributed by atoms with van der Waals surface area (Å²) in [5.74, 6) is 0. The number of nitrogen functional groups attached to an aromatic ring is 2. The second-order valence-corrected chi connectivity index (χ2v) is 3.99. The fourth-order valence-corrected chi connectivity index (χ4v) is 2.37. The summed E-state index contributed by atoms with van der Waals surface area (Å²) < 4.78 is 1.13. The third-order valence-corrected chi connectivity index (χ3v) is 3.25. The van der Waals surface area contributed by atoms with Crippen molar-refractivity contribution >= 4 is 45.4 Å². The van der Waals surface area contributed by atoms with Crippen LogP contribution in [0, 0.1) is 0 Å². The van der Waals surface area contributed by atoms with Crippen LogP contribution in [0.4, 0.5) is 11.4 Å². The molecule has 0 aliphatic carbocycles. The SMILES string of the molecule is Nc1cc2scc(S)c2cc1N. The normalized spacial score (nSPS) is 10.8. The van der Waals surface area contributed by atoms with Crippen LogP contribution in [0.1, 0.15) is 0 Å². The highest BCUT2D eigenvalue weighted by Crippen LogP contribution is 2.32. The monoisotopic (exact) mass is 196 g/mol. The Kier molecular flexibility index (Phi) is 1.66. The number of benzene rings is 1. The number of anilines is 2. The Hall–Kier alpha value is -0.870. The molecule has 0 aliphatic rings. The van der Waals surface area contributed by atoms with Crippen LogP contribution in [0.2, 0.25) is 0 Å². The van der Waals surface area contributed by atoms with Gasteiger partial charge in [0, 0.05) is 20.4 Å². The molecule has 0 spiro atoms. The second kappa shape index (κ2) is 2.57. The highest BCUT2D eigenvalue weighted by atomic mass is 32.1. The van der Waals surface area contributed by atoms with E-state index >= 15 is 0 Å². The van der Waals surface area contributed by atoms with E-state index in [2.05, 4.69) is 12.6 Å². The van der Waals surface area contributed by atoms with Crippen LogP contribution in [0.5, 0.6) is 0 Å². The van der Waals surface area contributed by atoms with Crippen molar-refractivity contribution in [3.05, 3.63) is 17.5 Å². The van der Waals surface area contributed by atoms with Gasteiger partial charge in [0.1, 0.15) is 0 Å². The molecule has 4 N–H and O–H groups in total. The van der Waals surface area contributed by atoms with Crippen molar-refractivity contribution in [2.45, 2.75) is 4.90 Å². The van der Waals surface area contributed by atoms with Gasteiger partial charge in [0.15, 0.2) is 0 Å². The van der Waals surface area contributed by atoms with E-state index in [0.29, 0.717) is 11.4 Å². The lowest BCUT2D eigenvalue weighted by Gasteiger charge is -1.99. The van der Waals surface area contributed by atoms with E-state index < -0.39 is 0 Å². The van der Waals surface area contributed by atoms with Crippen molar-refractivity contribution in [1.29, 1.82) is 0 Å². The third-order valence-electron chi connectivity index (χ3n) is 1.76. The van der Waals surface area contributed by atoms with Gasteiger partial charge in [-0.25, -0.2) is 0 Å². The van der Waals surface area contributed by atoms with Crippen LogP contribution in [0.3, 0.4) is 0 Å². The summed E-state index contributed by atoms with van der Waals surface area (Å²) in [6.45, 7) is 0. The lowest BCUT2D eigenvalue weighted by molar-refractivity contribution is 1.66. The largest absolute Gasteiger partial charge is 0.397 e. The summed E-state index contributed by atoms with van der Waals surface area (Å²) in [5.41, 5.74) is 12.6. The summed E-state index contributed by atoms with van der Waals surface area (Å²) in [6, 6.07) is 3.75. The van der Waals surface area contributed by atoms with Gasteiger partial charge in [-0.3, -0.25) is 0 Å². The maximum absolute atomic E-state index is 5.66. The molecule has 2 aromatic rings. The van der Waals surface area contributed by atoms with Crippen LogP contribution in [0.15, 0.2) is 22.4 Å². The van der Waals surface area contributed by atoms with E-state index in [4.69, 9.17) is 11.5 Å². The smallest absolute Gasteiger partial charge is 0.0562 e. The molecule has 62 valence electrons. The Morgan fingerprint density at radius 2 is 1.83 bits per heavy atom. The van der Waals surface area contributed by atoms with Crippen LogP contribution in [-0.4, -0.2) is 0 Å². The molecule has 0 saturated carbocycles. The topological polar surface area (TPSA) is 52.0 Å². The first kappa shape index (κ1) is 7.76. The number of thiophene rings is 1. The number of hydrogen-bond acceptors (Lipinski definition) is 4. The number of fused-ring (bicyclic) bond motifs is 1. The van der Waals surface area contributed by atoms with Crippen LogP contribution in [0.25, 0.3) is 10.1 Å². The molecule has 0 radical (unpaired) electrons. The molecule has 0 unspecified atom stereocenters. The minimum atomic E-state index is 0.621. The first-order valence-corrected chi connectivity index (χ1v) is 4.76. The van der Waals surface area contributed by atoms with Crippen molar-refractivity contribution in [2.75, 3.05) is 11.5 Å². The highest BCUT2D eigenvalue weighted by Gasteiger charge is 2.03. The number of rotatable bonds is 0. The van der Waals surface area contributed by atoms with Crippen LogP contribution < -0.4 is 11.5 Å². The van der Waals surface area contributed by atoms with Crippen LogP contribution >= 0.6 is 24.0 Å². The molecule has 0 bridgehead atoms. The first-order valence-electron chi connectivity index (χ1n) is 3.43. The van der Waals surface area contributed by atoms with Gasteiger partial charge in [-0.05, 0) is 12.1 Å². The van der Waals surface area contributed by atoms with Crippen LogP contribution in [-0.2, 0) is 0 Å². The Morgan fingerprint density at radius 3 is 2.58 bits per heavy atom. The summed E-state index contributed by atoms with van der Waals surface area (Å²) in [5, 5.41) is 3.06. The Balaban J connectivity index is 2.87. The predicted molar refractivity (Wildman–Crippen MR) is 57.9 cm³/mol. The van der Waals surface area contributed by atoms with Crippen molar-refractivity contribution in [3.63, 3.8) is 0 Å². The van der Waals surface area contributed by atoms with E-state index in [1.54, 1.807) is 11.3 Å². The van der Waals surface area contributed by atoms with Gasteiger partial charge in [-0.2, -0.15) is 0 Å².